The Morgan fingerprint density at radius 2 is 1.77 bits per heavy atom. The minimum absolute atomic E-state index is 0.833. The van der Waals surface area contributed by atoms with Gasteiger partial charge in [0, 0.05) is 37.2 Å². The molecule has 1 aliphatic carbocycles. The Labute approximate surface area is 182 Å². The number of fused-ring (bicyclic) bond motifs is 4. The van der Waals surface area contributed by atoms with Gasteiger partial charge in [-0.2, -0.15) is 0 Å². The van der Waals surface area contributed by atoms with Crippen LogP contribution in [-0.2, 0) is 24.1 Å². The lowest BCUT2D eigenvalue weighted by molar-refractivity contribution is -0.490. The fourth-order valence-corrected chi connectivity index (χ4v) is 5.04. The molecule has 6 rings (SSSR count). The lowest BCUT2D eigenvalue weighted by Gasteiger charge is -2.23. The summed E-state index contributed by atoms with van der Waals surface area (Å²) >= 11 is 0. The minimum atomic E-state index is -0.833. The second-order valence-corrected chi connectivity index (χ2v) is 8.57. The summed E-state index contributed by atoms with van der Waals surface area (Å²) in [5.41, 5.74) is 12.7. The SMILES string of the molecule is CC(=O)O.Cc1ccccc1C1=c2cc3c(cc2Cc2cc4c(cc21)CCN4)=[NH+]CC3. The van der Waals surface area contributed by atoms with E-state index in [0.29, 0.717) is 0 Å². The molecule has 31 heavy (non-hydrogen) atoms. The molecule has 0 amide bonds. The van der Waals surface area contributed by atoms with E-state index >= 15 is 0 Å². The number of anilines is 1. The van der Waals surface area contributed by atoms with Crippen molar-refractivity contribution in [3.8, 4) is 0 Å². The van der Waals surface area contributed by atoms with Gasteiger partial charge in [0.15, 0.2) is 0 Å². The van der Waals surface area contributed by atoms with Crippen molar-refractivity contribution >= 4 is 17.2 Å². The zero-order valence-corrected chi connectivity index (χ0v) is 18.0. The summed E-state index contributed by atoms with van der Waals surface area (Å²) in [5, 5.41) is 13.7. The van der Waals surface area contributed by atoms with E-state index in [0.717, 1.165) is 39.3 Å². The number of hydrogen-bond acceptors (Lipinski definition) is 2. The van der Waals surface area contributed by atoms with E-state index in [1.165, 1.54) is 60.8 Å². The highest BCUT2D eigenvalue weighted by Crippen LogP contribution is 2.35. The average molecular weight is 412 g/mol. The third-order valence-electron chi connectivity index (χ3n) is 6.41. The predicted octanol–water partition coefficient (Wildman–Crippen LogP) is 1.46. The first-order valence-electron chi connectivity index (χ1n) is 10.9. The van der Waals surface area contributed by atoms with Crippen LogP contribution in [0.2, 0.25) is 0 Å². The topological polar surface area (TPSA) is 63.3 Å². The van der Waals surface area contributed by atoms with Crippen molar-refractivity contribution in [1.29, 1.82) is 0 Å². The van der Waals surface area contributed by atoms with Crippen LogP contribution in [0.5, 0.6) is 0 Å². The molecule has 2 aliphatic heterocycles. The van der Waals surface area contributed by atoms with Gasteiger partial charge in [0.2, 0.25) is 5.36 Å². The van der Waals surface area contributed by atoms with Crippen molar-refractivity contribution in [1.82, 2.24) is 0 Å². The summed E-state index contributed by atoms with van der Waals surface area (Å²) in [6.07, 6.45) is 3.28. The Hall–Kier alpha value is -3.40. The molecule has 3 aromatic carbocycles. The van der Waals surface area contributed by atoms with Crippen LogP contribution < -0.4 is 20.9 Å². The molecule has 156 valence electrons. The van der Waals surface area contributed by atoms with E-state index in [9.17, 15) is 0 Å². The minimum Gasteiger partial charge on any atom is -0.481 e. The molecule has 3 N–H and O–H groups in total. The summed E-state index contributed by atoms with van der Waals surface area (Å²) in [6, 6.07) is 18.6. The lowest BCUT2D eigenvalue weighted by Crippen LogP contribution is -2.73. The molecule has 0 saturated heterocycles. The summed E-state index contributed by atoms with van der Waals surface area (Å²) in [7, 11) is 0. The van der Waals surface area contributed by atoms with Crippen molar-refractivity contribution < 1.29 is 14.9 Å². The van der Waals surface area contributed by atoms with Gasteiger partial charge in [-0.05, 0) is 82.1 Å². The van der Waals surface area contributed by atoms with Gasteiger partial charge >= 0.3 is 0 Å². The number of benzene rings is 3. The van der Waals surface area contributed by atoms with Gasteiger partial charge in [-0.25, -0.2) is 4.99 Å². The lowest BCUT2D eigenvalue weighted by atomic mass is 9.80. The molecule has 0 unspecified atom stereocenters. The number of carboxylic acids is 1. The van der Waals surface area contributed by atoms with Crippen molar-refractivity contribution in [2.24, 2.45) is 0 Å². The molecule has 2 heterocycles. The van der Waals surface area contributed by atoms with Crippen molar-refractivity contribution in [3.05, 3.63) is 98.1 Å². The number of aryl methyl sites for hydroxylation is 1. The Morgan fingerprint density at radius 1 is 0.968 bits per heavy atom. The number of rotatable bonds is 1. The third-order valence-corrected chi connectivity index (χ3v) is 6.41. The smallest absolute Gasteiger partial charge is 0.300 e. The zero-order chi connectivity index (χ0) is 21.5. The van der Waals surface area contributed by atoms with Crippen LogP contribution in [0.4, 0.5) is 5.69 Å². The zero-order valence-electron chi connectivity index (χ0n) is 18.0. The first-order chi connectivity index (χ1) is 15.0. The fraction of sp³-hybridized carbons (Fsp3) is 0.259. The highest BCUT2D eigenvalue weighted by atomic mass is 16.4. The second kappa shape index (κ2) is 7.69. The quantitative estimate of drug-likeness (QED) is 0.444. The van der Waals surface area contributed by atoms with Crippen molar-refractivity contribution in [3.63, 3.8) is 0 Å². The number of carboxylic acid groups (broad SMARTS) is 1. The fourth-order valence-electron chi connectivity index (χ4n) is 5.04. The molecular weight excluding hydrogens is 384 g/mol. The first kappa shape index (κ1) is 19.6. The maximum atomic E-state index is 9.00. The van der Waals surface area contributed by atoms with Gasteiger partial charge < -0.3 is 10.4 Å². The number of hydrogen-bond donors (Lipinski definition) is 3. The van der Waals surface area contributed by atoms with E-state index in [1.807, 2.05) is 0 Å². The number of carbonyl (C=O) groups is 1. The van der Waals surface area contributed by atoms with Crippen LogP contribution in [0.25, 0.3) is 5.57 Å². The van der Waals surface area contributed by atoms with Gasteiger partial charge in [0.25, 0.3) is 5.97 Å². The maximum Gasteiger partial charge on any atom is 0.300 e. The Morgan fingerprint density at radius 3 is 2.58 bits per heavy atom. The van der Waals surface area contributed by atoms with E-state index in [2.05, 4.69) is 65.8 Å². The Kier molecular flexibility index (Phi) is 4.85. The summed E-state index contributed by atoms with van der Waals surface area (Å²) in [6.45, 7) is 5.44. The van der Waals surface area contributed by atoms with Crippen LogP contribution in [-0.4, -0.2) is 24.2 Å². The molecule has 0 aromatic heterocycles. The summed E-state index contributed by atoms with van der Waals surface area (Å²) < 4.78 is 0. The second-order valence-electron chi connectivity index (χ2n) is 8.57. The summed E-state index contributed by atoms with van der Waals surface area (Å²) in [5.74, 6) is -0.833. The molecule has 4 heteroatoms. The standard InChI is InChI=1S/C25H22N2.C2H4O2/c1-15-4-2-3-5-20(15)25-21-11-16-6-8-26-23(16)13-18(21)10-19-14-24-17(7-9-27-24)12-22(19)25;1-2(3)4/h2-5,11-14,26H,6-10H2,1H3;1H3,(H,3,4)/p+1. The molecule has 4 nitrogen and oxygen atoms in total. The van der Waals surface area contributed by atoms with Crippen LogP contribution in [0.3, 0.4) is 0 Å². The predicted molar refractivity (Wildman–Crippen MR) is 122 cm³/mol. The highest BCUT2D eigenvalue weighted by molar-refractivity contribution is 5.86. The normalized spacial score (nSPS) is 14.8. The molecule has 0 fully saturated rings. The average Bonchev–Trinajstić information content (AvgIpc) is 3.37. The molecule has 0 bridgehead atoms. The van der Waals surface area contributed by atoms with Crippen LogP contribution in [0.15, 0.2) is 48.5 Å². The van der Waals surface area contributed by atoms with Crippen molar-refractivity contribution in [2.45, 2.75) is 33.1 Å². The van der Waals surface area contributed by atoms with E-state index < -0.39 is 5.97 Å². The monoisotopic (exact) mass is 411 g/mol. The molecule has 0 spiro atoms. The molecule has 0 radical (unpaired) electrons. The van der Waals surface area contributed by atoms with E-state index in [-0.39, 0.29) is 0 Å². The van der Waals surface area contributed by atoms with Crippen LogP contribution >= 0.6 is 0 Å². The molecule has 3 aromatic rings. The molecular formula is C27H27N2O2+. The molecule has 0 atom stereocenters. The van der Waals surface area contributed by atoms with Crippen molar-refractivity contribution in [2.75, 3.05) is 18.4 Å². The number of aliphatic carboxylic acids is 1. The largest absolute Gasteiger partial charge is 0.481 e. The molecule has 3 aliphatic rings. The number of nitrogens with one attached hydrogen (secondary N) is 2. The first-order valence-corrected chi connectivity index (χ1v) is 10.9. The van der Waals surface area contributed by atoms with Gasteiger partial charge in [-0.1, -0.05) is 24.3 Å². The Balaban J connectivity index is 0.000000473. The third kappa shape index (κ3) is 3.52. The van der Waals surface area contributed by atoms with Gasteiger partial charge in [-0.15, -0.1) is 0 Å². The van der Waals surface area contributed by atoms with E-state index in [1.54, 1.807) is 0 Å². The summed E-state index contributed by atoms with van der Waals surface area (Å²) in [4.78, 5) is 12.6. The highest BCUT2D eigenvalue weighted by Gasteiger charge is 2.24. The van der Waals surface area contributed by atoms with Crippen LogP contribution in [0.1, 0.15) is 45.9 Å². The van der Waals surface area contributed by atoms with Gasteiger partial charge in [0.05, 0.1) is 0 Å². The molecule has 0 saturated carbocycles. The van der Waals surface area contributed by atoms with Gasteiger partial charge in [-0.3, -0.25) is 4.79 Å². The van der Waals surface area contributed by atoms with Crippen LogP contribution in [0, 0.1) is 6.92 Å². The maximum absolute atomic E-state index is 9.00. The Bertz CT molecular complexity index is 1330. The van der Waals surface area contributed by atoms with Gasteiger partial charge in [0.1, 0.15) is 6.54 Å². The van der Waals surface area contributed by atoms with E-state index in [4.69, 9.17) is 9.90 Å².